The summed E-state index contributed by atoms with van der Waals surface area (Å²) in [6.45, 7) is 4.66. The maximum absolute atomic E-state index is 5.82. The van der Waals surface area contributed by atoms with Gasteiger partial charge in [-0.05, 0) is 31.5 Å². The van der Waals surface area contributed by atoms with Gasteiger partial charge in [0.05, 0.1) is 6.04 Å². The van der Waals surface area contributed by atoms with E-state index in [9.17, 15) is 0 Å². The Morgan fingerprint density at radius 3 is 2.56 bits per heavy atom. The first kappa shape index (κ1) is 12.8. The molecular formula is C11H17ClN4. The van der Waals surface area contributed by atoms with Crippen molar-refractivity contribution in [1.29, 1.82) is 0 Å². The van der Waals surface area contributed by atoms with Crippen LogP contribution in [0.3, 0.4) is 0 Å². The number of hydrogen-bond donors (Lipinski definition) is 3. The molecule has 1 rings (SSSR count). The minimum Gasteiger partial charge on any atom is -0.349 e. The molecule has 0 aliphatic rings. The standard InChI is InChI=1S/C11H17ClN4/c1-3-14-11(16-13)15-8(2)9-4-6-10(12)7-5-9/h4-8H,3,13H2,1-2H3,(H2,14,15,16). The molecule has 5 heteroatoms. The second-order valence-corrected chi connectivity index (χ2v) is 3.82. The van der Waals surface area contributed by atoms with Gasteiger partial charge in [0.2, 0.25) is 5.96 Å². The Labute approximate surface area is 101 Å². The van der Waals surface area contributed by atoms with Crippen molar-refractivity contribution in [3.05, 3.63) is 34.9 Å². The number of aliphatic imine (C=N–C) groups is 1. The van der Waals surface area contributed by atoms with E-state index in [0.717, 1.165) is 10.6 Å². The molecule has 1 unspecified atom stereocenters. The zero-order valence-electron chi connectivity index (χ0n) is 9.50. The second kappa shape index (κ2) is 6.35. The molecule has 0 saturated heterocycles. The number of nitrogens with two attached hydrogens (primary N) is 1. The highest BCUT2D eigenvalue weighted by atomic mass is 35.5. The lowest BCUT2D eigenvalue weighted by Crippen LogP contribution is -2.42. The fourth-order valence-electron chi connectivity index (χ4n) is 1.33. The topological polar surface area (TPSA) is 62.4 Å². The fourth-order valence-corrected chi connectivity index (χ4v) is 1.46. The Bertz CT molecular complexity index is 348. The Kier molecular flexibility index (Phi) is 5.08. The van der Waals surface area contributed by atoms with Crippen LogP contribution in [0, 0.1) is 0 Å². The molecule has 88 valence electrons. The summed E-state index contributed by atoms with van der Waals surface area (Å²) in [4.78, 5) is 4.17. The zero-order valence-corrected chi connectivity index (χ0v) is 10.3. The predicted molar refractivity (Wildman–Crippen MR) is 68.3 cm³/mol. The molecule has 0 saturated carbocycles. The van der Waals surface area contributed by atoms with E-state index in [4.69, 9.17) is 17.4 Å². The van der Waals surface area contributed by atoms with E-state index in [-0.39, 0.29) is 6.04 Å². The average molecular weight is 241 g/mol. The van der Waals surface area contributed by atoms with Crippen molar-refractivity contribution in [2.75, 3.05) is 6.54 Å². The maximum Gasteiger partial charge on any atom is 0.206 e. The van der Waals surface area contributed by atoms with Gasteiger partial charge in [-0.15, -0.1) is 0 Å². The van der Waals surface area contributed by atoms with Crippen LogP contribution in [0.4, 0.5) is 0 Å². The number of nitrogens with one attached hydrogen (secondary N) is 2. The van der Waals surface area contributed by atoms with Crippen molar-refractivity contribution in [3.8, 4) is 0 Å². The van der Waals surface area contributed by atoms with Crippen LogP contribution < -0.4 is 16.6 Å². The van der Waals surface area contributed by atoms with Gasteiger partial charge in [-0.1, -0.05) is 23.7 Å². The van der Waals surface area contributed by atoms with Gasteiger partial charge in [0, 0.05) is 11.6 Å². The molecule has 1 atom stereocenters. The van der Waals surface area contributed by atoms with Crippen molar-refractivity contribution >= 4 is 17.6 Å². The minimum atomic E-state index is 0.124. The summed E-state index contributed by atoms with van der Waals surface area (Å²) in [7, 11) is 0. The van der Waals surface area contributed by atoms with Crippen LogP contribution in [0.15, 0.2) is 29.3 Å². The number of halogens is 1. The Morgan fingerprint density at radius 1 is 1.44 bits per heavy atom. The van der Waals surface area contributed by atoms with Crippen molar-refractivity contribution in [1.82, 2.24) is 10.7 Å². The predicted octanol–water partition coefficient (Wildman–Crippen LogP) is 1.83. The molecule has 0 heterocycles. The van der Waals surface area contributed by atoms with E-state index in [1.54, 1.807) is 0 Å². The molecule has 1 aromatic carbocycles. The van der Waals surface area contributed by atoms with E-state index in [1.165, 1.54) is 0 Å². The summed E-state index contributed by atoms with van der Waals surface area (Å²) in [5.74, 6) is 5.93. The molecule has 0 bridgehead atoms. The quantitative estimate of drug-likeness (QED) is 0.327. The smallest absolute Gasteiger partial charge is 0.206 e. The first-order chi connectivity index (χ1) is 7.67. The molecule has 0 spiro atoms. The molecule has 4 N–H and O–H groups in total. The van der Waals surface area contributed by atoms with Crippen LogP contribution in [0.5, 0.6) is 0 Å². The van der Waals surface area contributed by atoms with Gasteiger partial charge < -0.3 is 5.32 Å². The average Bonchev–Trinajstić information content (AvgIpc) is 2.29. The number of nitrogens with zero attached hydrogens (tertiary/aromatic N) is 1. The van der Waals surface area contributed by atoms with Gasteiger partial charge in [0.15, 0.2) is 0 Å². The normalized spacial score (nSPS) is 13.4. The molecule has 0 aromatic heterocycles. The summed E-state index contributed by atoms with van der Waals surface area (Å²) in [6, 6.07) is 7.79. The number of benzene rings is 1. The highest BCUT2D eigenvalue weighted by Crippen LogP contribution is 2.15. The molecule has 1 aromatic rings. The van der Waals surface area contributed by atoms with Crippen molar-refractivity contribution in [2.24, 2.45) is 10.8 Å². The largest absolute Gasteiger partial charge is 0.349 e. The fraction of sp³-hybridized carbons (Fsp3) is 0.364. The van der Waals surface area contributed by atoms with Gasteiger partial charge in [-0.3, -0.25) is 10.4 Å². The van der Waals surface area contributed by atoms with Crippen molar-refractivity contribution in [2.45, 2.75) is 19.9 Å². The van der Waals surface area contributed by atoms with Gasteiger partial charge in [0.25, 0.3) is 0 Å². The highest BCUT2D eigenvalue weighted by molar-refractivity contribution is 6.30. The Balaban J connectivity index is 2.67. The molecule has 0 aliphatic heterocycles. The SMILES string of the molecule is CCN=C(NN)NC(C)c1ccc(Cl)cc1. The van der Waals surface area contributed by atoms with Crippen LogP contribution in [0.2, 0.25) is 5.02 Å². The van der Waals surface area contributed by atoms with Crippen molar-refractivity contribution < 1.29 is 0 Å². The number of hydrazine groups is 1. The third-order valence-electron chi connectivity index (χ3n) is 2.18. The van der Waals surface area contributed by atoms with E-state index in [2.05, 4.69) is 15.7 Å². The number of guanidine groups is 1. The Morgan fingerprint density at radius 2 is 2.06 bits per heavy atom. The van der Waals surface area contributed by atoms with E-state index >= 15 is 0 Å². The molecule has 0 aliphatic carbocycles. The summed E-state index contributed by atoms with van der Waals surface area (Å²) >= 11 is 5.82. The molecule has 0 amide bonds. The summed E-state index contributed by atoms with van der Waals surface area (Å²) < 4.78 is 0. The third kappa shape index (κ3) is 3.72. The van der Waals surface area contributed by atoms with Gasteiger partial charge in [-0.2, -0.15) is 0 Å². The van der Waals surface area contributed by atoms with Crippen LogP contribution >= 0.6 is 11.6 Å². The van der Waals surface area contributed by atoms with Gasteiger partial charge >= 0.3 is 0 Å². The summed E-state index contributed by atoms with van der Waals surface area (Å²) in [5.41, 5.74) is 3.66. The molecule has 0 radical (unpaired) electrons. The van der Waals surface area contributed by atoms with Crippen molar-refractivity contribution in [3.63, 3.8) is 0 Å². The number of rotatable bonds is 3. The van der Waals surface area contributed by atoms with E-state index in [1.807, 2.05) is 38.1 Å². The third-order valence-corrected chi connectivity index (χ3v) is 2.43. The van der Waals surface area contributed by atoms with Crippen LogP contribution in [-0.4, -0.2) is 12.5 Å². The lowest BCUT2D eigenvalue weighted by Gasteiger charge is -2.16. The molecule has 4 nitrogen and oxygen atoms in total. The zero-order chi connectivity index (χ0) is 12.0. The Hall–Kier alpha value is -1.26. The minimum absolute atomic E-state index is 0.124. The summed E-state index contributed by atoms with van der Waals surface area (Å²) in [6.07, 6.45) is 0. The molecule has 0 fully saturated rings. The van der Waals surface area contributed by atoms with Crippen LogP contribution in [0.1, 0.15) is 25.5 Å². The van der Waals surface area contributed by atoms with Crippen LogP contribution in [0.25, 0.3) is 0 Å². The first-order valence-corrected chi connectivity index (χ1v) is 5.58. The second-order valence-electron chi connectivity index (χ2n) is 3.38. The highest BCUT2D eigenvalue weighted by Gasteiger charge is 2.06. The van der Waals surface area contributed by atoms with E-state index in [0.29, 0.717) is 12.5 Å². The van der Waals surface area contributed by atoms with Gasteiger partial charge in [-0.25, -0.2) is 5.84 Å². The maximum atomic E-state index is 5.82. The van der Waals surface area contributed by atoms with Gasteiger partial charge in [0.1, 0.15) is 0 Å². The van der Waals surface area contributed by atoms with E-state index < -0.39 is 0 Å². The lowest BCUT2D eigenvalue weighted by molar-refractivity contribution is 0.689. The number of hydrogen-bond acceptors (Lipinski definition) is 2. The van der Waals surface area contributed by atoms with Crippen LogP contribution in [-0.2, 0) is 0 Å². The summed E-state index contributed by atoms with van der Waals surface area (Å²) in [5, 5.41) is 3.91. The monoisotopic (exact) mass is 240 g/mol. The first-order valence-electron chi connectivity index (χ1n) is 5.20. The molecule has 16 heavy (non-hydrogen) atoms. The molecular weight excluding hydrogens is 224 g/mol. The lowest BCUT2D eigenvalue weighted by atomic mass is 10.1.